The highest BCUT2D eigenvalue weighted by Crippen LogP contribution is 2.14. The highest BCUT2D eigenvalue weighted by Gasteiger charge is 2.29. The van der Waals surface area contributed by atoms with Crippen LogP contribution in [0.2, 0.25) is 0 Å². The molecule has 2 aliphatic rings. The third-order valence-corrected chi connectivity index (χ3v) is 5.74. The van der Waals surface area contributed by atoms with E-state index in [2.05, 4.69) is 11.5 Å². The van der Waals surface area contributed by atoms with Gasteiger partial charge in [-0.15, -0.1) is 0 Å². The first-order chi connectivity index (χ1) is 12.8. The Bertz CT molecular complexity index is 434. The van der Waals surface area contributed by atoms with Crippen LogP contribution in [0.4, 0.5) is 0 Å². The van der Waals surface area contributed by atoms with Gasteiger partial charge in [0.05, 0.1) is 6.42 Å². The zero-order chi connectivity index (χ0) is 18.5. The third kappa shape index (κ3) is 8.09. The van der Waals surface area contributed by atoms with E-state index in [1.54, 1.807) is 0 Å². The smallest absolute Gasteiger partial charge is 0.338 e. The van der Waals surface area contributed by atoms with E-state index in [0.717, 1.165) is 51.5 Å². The molecule has 0 spiro atoms. The normalized spacial score (nSPS) is 17.4. The number of likely N-dealkylation sites (tertiary alicyclic amines) is 1. The van der Waals surface area contributed by atoms with Crippen LogP contribution < -0.4 is 0 Å². The molecule has 0 unspecified atom stereocenters. The predicted octanol–water partition coefficient (Wildman–Crippen LogP) is 5.10. The lowest BCUT2D eigenvalue weighted by Gasteiger charge is -2.12. The van der Waals surface area contributed by atoms with Gasteiger partial charge < -0.3 is 4.74 Å². The average molecular weight is 366 g/mol. The second-order valence-corrected chi connectivity index (χ2v) is 8.05. The third-order valence-electron chi connectivity index (χ3n) is 5.74. The maximum Gasteiger partial charge on any atom is 0.338 e. The Morgan fingerprint density at radius 3 is 2.12 bits per heavy atom. The van der Waals surface area contributed by atoms with Crippen molar-refractivity contribution in [3.05, 3.63) is 0 Å². The predicted molar refractivity (Wildman–Crippen MR) is 108 cm³/mol. The summed E-state index contributed by atoms with van der Waals surface area (Å²) in [7, 11) is 0. The molecule has 0 atom stereocenters. The lowest BCUT2D eigenvalue weighted by molar-refractivity contribution is -0.537. The Morgan fingerprint density at radius 1 is 0.923 bits per heavy atom. The molecule has 4 heteroatoms. The van der Waals surface area contributed by atoms with Crippen molar-refractivity contribution in [1.29, 1.82) is 0 Å². The van der Waals surface area contributed by atoms with Crippen LogP contribution in [0.1, 0.15) is 103 Å². The maximum absolute atomic E-state index is 11.8. The number of hydrogen-bond donors (Lipinski definition) is 0. The minimum Gasteiger partial charge on any atom is -0.441 e. The molecule has 0 aromatic rings. The second kappa shape index (κ2) is 13.2. The van der Waals surface area contributed by atoms with Crippen molar-refractivity contribution in [2.75, 3.05) is 26.4 Å². The number of ether oxygens (including phenoxy) is 1. The van der Waals surface area contributed by atoms with Crippen molar-refractivity contribution in [3.63, 3.8) is 0 Å². The highest BCUT2D eigenvalue weighted by molar-refractivity contribution is 5.78. The Morgan fingerprint density at radius 2 is 1.54 bits per heavy atom. The molecule has 2 heterocycles. The maximum atomic E-state index is 11.8. The molecule has 4 nitrogen and oxygen atoms in total. The number of hydrogen-bond acceptors (Lipinski definition) is 2. The fourth-order valence-corrected chi connectivity index (χ4v) is 4.05. The van der Waals surface area contributed by atoms with Crippen molar-refractivity contribution in [3.8, 4) is 0 Å². The Kier molecular flexibility index (Phi) is 10.8. The molecule has 0 saturated carbocycles. The van der Waals surface area contributed by atoms with E-state index in [1.165, 1.54) is 77.0 Å². The molecule has 0 radical (unpaired) electrons. The number of nitrogens with zero attached hydrogens (tertiary/aromatic N) is 2. The molecule has 0 bridgehead atoms. The van der Waals surface area contributed by atoms with E-state index < -0.39 is 0 Å². The van der Waals surface area contributed by atoms with Crippen LogP contribution in [-0.2, 0) is 9.53 Å². The first-order valence-electron chi connectivity index (χ1n) is 11.3. The molecular weight excluding hydrogens is 324 g/mol. The van der Waals surface area contributed by atoms with Crippen LogP contribution in [0.25, 0.3) is 0 Å². The van der Waals surface area contributed by atoms with Crippen molar-refractivity contribution >= 4 is 11.8 Å². The minimum absolute atomic E-state index is 0.307. The first kappa shape index (κ1) is 21.2. The quantitative estimate of drug-likeness (QED) is 0.299. The van der Waals surface area contributed by atoms with Gasteiger partial charge in [-0.1, -0.05) is 77.6 Å². The molecule has 0 aliphatic carbocycles. The van der Waals surface area contributed by atoms with Crippen LogP contribution in [0.3, 0.4) is 0 Å². The van der Waals surface area contributed by atoms with E-state index in [9.17, 15) is 4.79 Å². The van der Waals surface area contributed by atoms with Gasteiger partial charge in [0, 0.05) is 13.0 Å². The molecule has 26 heavy (non-hydrogen) atoms. The van der Waals surface area contributed by atoms with Crippen molar-refractivity contribution < 1.29 is 14.1 Å². The van der Waals surface area contributed by atoms with Crippen LogP contribution >= 0.6 is 0 Å². The number of amides is 1. The van der Waals surface area contributed by atoms with Gasteiger partial charge in [0.15, 0.2) is 13.2 Å². The van der Waals surface area contributed by atoms with Gasteiger partial charge >= 0.3 is 5.90 Å². The monoisotopic (exact) mass is 365 g/mol. The molecule has 0 aromatic carbocycles. The first-order valence-corrected chi connectivity index (χ1v) is 11.3. The molecule has 1 amide bonds. The zero-order valence-electron chi connectivity index (χ0n) is 17.1. The summed E-state index contributed by atoms with van der Waals surface area (Å²) >= 11 is 0. The van der Waals surface area contributed by atoms with E-state index in [1.807, 2.05) is 4.90 Å². The van der Waals surface area contributed by atoms with E-state index in [0.29, 0.717) is 5.91 Å². The zero-order valence-corrected chi connectivity index (χ0v) is 17.1. The Balaban J connectivity index is 1.46. The van der Waals surface area contributed by atoms with Crippen molar-refractivity contribution in [2.45, 2.75) is 103 Å². The number of unbranched alkanes of at least 4 members (excludes halogenated alkanes) is 11. The average Bonchev–Trinajstić information content (AvgIpc) is 3.25. The van der Waals surface area contributed by atoms with Gasteiger partial charge in [-0.3, -0.25) is 9.69 Å². The van der Waals surface area contributed by atoms with Gasteiger partial charge in [0.1, 0.15) is 0 Å². The molecule has 1 saturated heterocycles. The Labute approximate surface area is 161 Å². The summed E-state index contributed by atoms with van der Waals surface area (Å²) in [5.41, 5.74) is 0. The van der Waals surface area contributed by atoms with Crippen LogP contribution in [0, 0.1) is 0 Å². The SMILES string of the molecule is CCCCCCCCCCCCCCC1=[N+](CN2CCCC2=O)CCO1. The van der Waals surface area contributed by atoms with E-state index in [-0.39, 0.29) is 0 Å². The minimum atomic E-state index is 0.307. The molecule has 0 aromatic heterocycles. The molecule has 2 aliphatic heterocycles. The number of carbonyl (C=O) groups excluding carboxylic acids is 1. The van der Waals surface area contributed by atoms with E-state index >= 15 is 0 Å². The molecule has 150 valence electrons. The van der Waals surface area contributed by atoms with Gasteiger partial charge in [-0.05, 0) is 12.8 Å². The summed E-state index contributed by atoms with van der Waals surface area (Å²) in [4.78, 5) is 13.8. The fourth-order valence-electron chi connectivity index (χ4n) is 4.05. The summed E-state index contributed by atoms with van der Waals surface area (Å²) in [6, 6.07) is 0. The van der Waals surface area contributed by atoms with Gasteiger partial charge in [0.2, 0.25) is 12.6 Å². The van der Waals surface area contributed by atoms with Crippen LogP contribution in [-0.4, -0.2) is 47.6 Å². The molecular formula is C22H41N2O2+. The van der Waals surface area contributed by atoms with Crippen molar-refractivity contribution in [2.24, 2.45) is 0 Å². The lowest BCUT2D eigenvalue weighted by Crippen LogP contribution is -2.34. The fraction of sp³-hybridized carbons (Fsp3) is 0.909. The summed E-state index contributed by atoms with van der Waals surface area (Å²) in [5.74, 6) is 1.43. The van der Waals surface area contributed by atoms with Gasteiger partial charge in [-0.2, -0.15) is 4.58 Å². The summed E-state index contributed by atoms with van der Waals surface area (Å²) in [6.45, 7) is 5.67. The molecule has 2 rings (SSSR count). The largest absolute Gasteiger partial charge is 0.441 e. The highest BCUT2D eigenvalue weighted by atomic mass is 16.5. The van der Waals surface area contributed by atoms with Gasteiger partial charge in [-0.25, -0.2) is 0 Å². The molecule has 1 fully saturated rings. The lowest BCUT2D eigenvalue weighted by atomic mass is 10.0. The number of rotatable bonds is 15. The summed E-state index contributed by atoms with van der Waals surface area (Å²) in [5, 5.41) is 0. The van der Waals surface area contributed by atoms with Crippen LogP contribution in [0.5, 0.6) is 0 Å². The molecule has 0 N–H and O–H groups in total. The standard InChI is InChI=1S/C22H41N2O2/c1-2-3-4-5-6-7-8-9-10-11-12-13-16-22-24(18-19-26-22)20-23-17-14-15-21(23)25/h2-20H2,1H3/q+1. The summed E-state index contributed by atoms with van der Waals surface area (Å²) < 4.78 is 8.10. The van der Waals surface area contributed by atoms with Gasteiger partial charge in [0.25, 0.3) is 0 Å². The van der Waals surface area contributed by atoms with Crippen LogP contribution in [0.15, 0.2) is 0 Å². The summed E-state index contributed by atoms with van der Waals surface area (Å²) in [6.07, 6.45) is 19.4. The number of carbonyl (C=O) groups is 1. The topological polar surface area (TPSA) is 32.5 Å². The van der Waals surface area contributed by atoms with Crippen molar-refractivity contribution in [1.82, 2.24) is 4.90 Å². The second-order valence-electron chi connectivity index (χ2n) is 8.05. The van der Waals surface area contributed by atoms with E-state index in [4.69, 9.17) is 4.74 Å². The Hall–Kier alpha value is -1.06.